The molecule has 104 valence electrons. The summed E-state index contributed by atoms with van der Waals surface area (Å²) >= 11 is 11.2. The molecule has 3 aromatic rings. The number of hydrogen-bond donors (Lipinski definition) is 2. The monoisotopic (exact) mass is 313 g/mol. The lowest BCUT2D eigenvalue weighted by molar-refractivity contribution is 1.41. The Morgan fingerprint density at radius 2 is 1.76 bits per heavy atom. The Hall–Kier alpha value is -2.17. The molecule has 1 heterocycles. The van der Waals surface area contributed by atoms with E-state index < -0.39 is 0 Å². The molecule has 0 saturated carbocycles. The number of fused-ring (bicyclic) bond motifs is 1. The van der Waals surface area contributed by atoms with Crippen molar-refractivity contribution in [3.8, 4) is 0 Å². The van der Waals surface area contributed by atoms with E-state index in [1.807, 2.05) is 54.6 Å². The second-order valence-electron chi connectivity index (χ2n) is 4.50. The number of rotatable bonds is 2. The Morgan fingerprint density at radius 3 is 2.57 bits per heavy atom. The summed E-state index contributed by atoms with van der Waals surface area (Å²) in [7, 11) is 0. The predicted molar refractivity (Wildman–Crippen MR) is 93.0 cm³/mol. The van der Waals surface area contributed by atoms with E-state index in [9.17, 15) is 0 Å². The maximum atomic E-state index is 5.94. The third-order valence-electron chi connectivity index (χ3n) is 2.94. The Kier molecular flexibility index (Phi) is 3.99. The molecule has 0 saturated heterocycles. The van der Waals surface area contributed by atoms with Crippen LogP contribution in [0.5, 0.6) is 0 Å². The number of aromatic nitrogens is 1. The topological polar surface area (TPSA) is 37.0 Å². The van der Waals surface area contributed by atoms with E-state index in [0.717, 1.165) is 22.3 Å². The zero-order valence-corrected chi connectivity index (χ0v) is 12.6. The van der Waals surface area contributed by atoms with Crippen molar-refractivity contribution in [2.75, 3.05) is 10.6 Å². The molecule has 2 aromatic carbocycles. The van der Waals surface area contributed by atoms with Gasteiger partial charge in [0.05, 0.1) is 5.52 Å². The highest BCUT2D eigenvalue weighted by atomic mass is 35.5. The van der Waals surface area contributed by atoms with Gasteiger partial charge in [0.1, 0.15) is 0 Å². The van der Waals surface area contributed by atoms with Crippen LogP contribution in [-0.2, 0) is 0 Å². The first-order valence-electron chi connectivity index (χ1n) is 6.39. The number of pyridine rings is 1. The number of nitrogens with one attached hydrogen (secondary N) is 2. The molecule has 0 unspecified atom stereocenters. The third-order valence-corrected chi connectivity index (χ3v) is 3.38. The molecule has 0 fully saturated rings. The molecule has 0 aliphatic rings. The van der Waals surface area contributed by atoms with E-state index in [0.29, 0.717) is 10.1 Å². The second kappa shape index (κ2) is 6.08. The van der Waals surface area contributed by atoms with Crippen LogP contribution in [0.1, 0.15) is 0 Å². The van der Waals surface area contributed by atoms with E-state index >= 15 is 0 Å². The SMILES string of the molecule is S=C(Nc1cccc(Cl)c1)Nc1ccc2ncccc2c1. The van der Waals surface area contributed by atoms with Crippen molar-refractivity contribution in [1.82, 2.24) is 4.98 Å². The van der Waals surface area contributed by atoms with Crippen LogP contribution in [-0.4, -0.2) is 10.1 Å². The summed E-state index contributed by atoms with van der Waals surface area (Å²) in [6, 6.07) is 17.3. The Bertz CT molecular complexity index is 804. The number of halogens is 1. The van der Waals surface area contributed by atoms with Gasteiger partial charge in [0, 0.05) is 28.0 Å². The summed E-state index contributed by atoms with van der Waals surface area (Å²) in [4.78, 5) is 4.29. The van der Waals surface area contributed by atoms with Crippen molar-refractivity contribution in [3.05, 3.63) is 65.8 Å². The number of nitrogens with zero attached hydrogens (tertiary/aromatic N) is 1. The van der Waals surface area contributed by atoms with E-state index in [2.05, 4.69) is 15.6 Å². The lowest BCUT2D eigenvalue weighted by atomic mass is 10.2. The molecule has 0 aliphatic carbocycles. The Labute approximate surface area is 133 Å². The molecule has 5 heteroatoms. The average molecular weight is 314 g/mol. The highest BCUT2D eigenvalue weighted by Gasteiger charge is 2.01. The van der Waals surface area contributed by atoms with Gasteiger partial charge in [-0.25, -0.2) is 0 Å². The van der Waals surface area contributed by atoms with Crippen LogP contribution < -0.4 is 10.6 Å². The molecule has 0 radical (unpaired) electrons. The molecule has 0 atom stereocenters. The fraction of sp³-hybridized carbons (Fsp3) is 0. The van der Waals surface area contributed by atoms with Crippen LogP contribution in [0.4, 0.5) is 11.4 Å². The predicted octanol–water partition coefficient (Wildman–Crippen LogP) is 4.70. The van der Waals surface area contributed by atoms with E-state index in [4.69, 9.17) is 23.8 Å². The molecule has 0 aliphatic heterocycles. The van der Waals surface area contributed by atoms with Crippen molar-refractivity contribution in [2.24, 2.45) is 0 Å². The zero-order chi connectivity index (χ0) is 14.7. The summed E-state index contributed by atoms with van der Waals surface area (Å²) in [6.07, 6.45) is 1.78. The second-order valence-corrected chi connectivity index (χ2v) is 5.35. The molecule has 3 nitrogen and oxygen atoms in total. The van der Waals surface area contributed by atoms with Crippen molar-refractivity contribution >= 4 is 51.2 Å². The van der Waals surface area contributed by atoms with Crippen molar-refractivity contribution in [2.45, 2.75) is 0 Å². The molecular formula is C16H12ClN3S. The van der Waals surface area contributed by atoms with Gasteiger partial charge in [-0.2, -0.15) is 0 Å². The molecule has 3 rings (SSSR count). The first-order valence-corrected chi connectivity index (χ1v) is 7.18. The van der Waals surface area contributed by atoms with Crippen LogP contribution in [0.3, 0.4) is 0 Å². The standard InChI is InChI=1S/C16H12ClN3S/c17-12-4-1-5-13(10-12)19-16(21)20-14-6-7-15-11(9-14)3-2-8-18-15/h1-10H,(H2,19,20,21). The molecular weight excluding hydrogens is 302 g/mol. The maximum Gasteiger partial charge on any atom is 0.175 e. The molecule has 21 heavy (non-hydrogen) atoms. The molecule has 0 amide bonds. The highest BCUT2D eigenvalue weighted by molar-refractivity contribution is 7.80. The normalized spacial score (nSPS) is 10.3. The fourth-order valence-corrected chi connectivity index (χ4v) is 2.44. The first kappa shape index (κ1) is 13.8. The van der Waals surface area contributed by atoms with Crippen molar-refractivity contribution in [1.29, 1.82) is 0 Å². The number of benzene rings is 2. The minimum Gasteiger partial charge on any atom is -0.332 e. The van der Waals surface area contributed by atoms with Crippen molar-refractivity contribution < 1.29 is 0 Å². The van der Waals surface area contributed by atoms with Gasteiger partial charge in [-0.05, 0) is 54.7 Å². The molecule has 0 spiro atoms. The zero-order valence-electron chi connectivity index (χ0n) is 11.0. The quantitative estimate of drug-likeness (QED) is 0.673. The van der Waals surface area contributed by atoms with Gasteiger partial charge >= 0.3 is 0 Å². The van der Waals surface area contributed by atoms with Crippen LogP contribution in [0.25, 0.3) is 10.9 Å². The minimum atomic E-state index is 0.514. The summed E-state index contributed by atoms with van der Waals surface area (Å²) in [5.41, 5.74) is 2.72. The summed E-state index contributed by atoms with van der Waals surface area (Å²) in [5.74, 6) is 0. The lowest BCUT2D eigenvalue weighted by Gasteiger charge is -2.11. The molecule has 2 N–H and O–H groups in total. The van der Waals surface area contributed by atoms with Crippen LogP contribution in [0.2, 0.25) is 5.02 Å². The van der Waals surface area contributed by atoms with Crippen LogP contribution >= 0.6 is 23.8 Å². The minimum absolute atomic E-state index is 0.514. The highest BCUT2D eigenvalue weighted by Crippen LogP contribution is 2.18. The van der Waals surface area contributed by atoms with E-state index in [1.165, 1.54) is 0 Å². The first-order chi connectivity index (χ1) is 10.2. The van der Waals surface area contributed by atoms with Gasteiger partial charge in [-0.15, -0.1) is 0 Å². The van der Waals surface area contributed by atoms with Gasteiger partial charge in [-0.1, -0.05) is 23.7 Å². The Balaban J connectivity index is 1.74. The van der Waals surface area contributed by atoms with Crippen LogP contribution in [0, 0.1) is 0 Å². The number of anilines is 2. The fourth-order valence-electron chi connectivity index (χ4n) is 2.01. The number of hydrogen-bond acceptors (Lipinski definition) is 2. The van der Waals surface area contributed by atoms with Crippen molar-refractivity contribution in [3.63, 3.8) is 0 Å². The van der Waals surface area contributed by atoms with E-state index in [1.54, 1.807) is 6.20 Å². The number of thiocarbonyl (C=S) groups is 1. The third kappa shape index (κ3) is 3.48. The van der Waals surface area contributed by atoms with Gasteiger partial charge < -0.3 is 10.6 Å². The summed E-state index contributed by atoms with van der Waals surface area (Å²) in [5, 5.41) is 8.49. The average Bonchev–Trinajstić information content (AvgIpc) is 2.47. The van der Waals surface area contributed by atoms with Crippen LogP contribution in [0.15, 0.2) is 60.8 Å². The lowest BCUT2D eigenvalue weighted by Crippen LogP contribution is -2.18. The van der Waals surface area contributed by atoms with Gasteiger partial charge in [0.15, 0.2) is 5.11 Å². The van der Waals surface area contributed by atoms with E-state index in [-0.39, 0.29) is 0 Å². The van der Waals surface area contributed by atoms with Gasteiger partial charge in [0.25, 0.3) is 0 Å². The summed E-state index contributed by atoms with van der Waals surface area (Å²) in [6.45, 7) is 0. The van der Waals surface area contributed by atoms with Gasteiger partial charge in [-0.3, -0.25) is 4.98 Å². The Morgan fingerprint density at radius 1 is 0.952 bits per heavy atom. The smallest absolute Gasteiger partial charge is 0.175 e. The van der Waals surface area contributed by atoms with Gasteiger partial charge in [0.2, 0.25) is 0 Å². The summed E-state index contributed by atoms with van der Waals surface area (Å²) < 4.78 is 0. The molecule has 1 aromatic heterocycles. The largest absolute Gasteiger partial charge is 0.332 e. The maximum absolute atomic E-state index is 5.94. The molecule has 0 bridgehead atoms.